The molecule has 2 amide bonds. The first-order chi connectivity index (χ1) is 10.2. The van der Waals surface area contributed by atoms with Gasteiger partial charge in [-0.25, -0.2) is 0 Å². The lowest BCUT2D eigenvalue weighted by molar-refractivity contribution is -0.120. The van der Waals surface area contributed by atoms with Gasteiger partial charge < -0.3 is 11.1 Å². The fourth-order valence-corrected chi connectivity index (χ4v) is 1.88. The molecule has 1 radical (unpaired) electrons. The first kappa shape index (κ1) is 14.7. The minimum absolute atomic E-state index is 0.127. The average molecular weight is 282 g/mol. The van der Waals surface area contributed by atoms with Gasteiger partial charge >= 0.3 is 0 Å². The fraction of sp³-hybridized carbons (Fsp3) is 0.125. The van der Waals surface area contributed by atoms with Crippen LogP contribution in [0.5, 0.6) is 0 Å². The minimum Gasteiger partial charge on any atom is -0.366 e. The Morgan fingerprint density at radius 1 is 1.19 bits per heavy atom. The van der Waals surface area contributed by atoms with Crippen molar-refractivity contribution in [2.75, 3.05) is 0 Å². The first-order valence-electron chi connectivity index (χ1n) is 6.54. The van der Waals surface area contributed by atoms with E-state index in [1.165, 1.54) is 0 Å². The quantitative estimate of drug-likeness (QED) is 0.840. The molecular weight excluding hydrogens is 266 g/mol. The van der Waals surface area contributed by atoms with Gasteiger partial charge in [-0.05, 0) is 23.3 Å². The normalized spacial score (nSPS) is 10.1. The van der Waals surface area contributed by atoms with Gasteiger partial charge in [-0.2, -0.15) is 0 Å². The van der Waals surface area contributed by atoms with Crippen LogP contribution in [-0.4, -0.2) is 16.8 Å². The summed E-state index contributed by atoms with van der Waals surface area (Å²) in [6.07, 6.45) is 5.26. The zero-order valence-electron chi connectivity index (χ0n) is 11.5. The Hall–Kier alpha value is -2.69. The Morgan fingerprint density at radius 3 is 2.71 bits per heavy atom. The van der Waals surface area contributed by atoms with E-state index in [4.69, 9.17) is 5.73 Å². The summed E-state index contributed by atoms with van der Waals surface area (Å²) in [6, 6.07) is 10.6. The van der Waals surface area contributed by atoms with E-state index in [0.717, 1.165) is 5.56 Å². The lowest BCUT2D eigenvalue weighted by Crippen LogP contribution is -2.23. The van der Waals surface area contributed by atoms with Gasteiger partial charge in [0.15, 0.2) is 0 Å². The molecule has 0 unspecified atom stereocenters. The molecule has 1 heterocycles. The summed E-state index contributed by atoms with van der Waals surface area (Å²) in [6.45, 7) is 0.429. The molecule has 1 aromatic carbocycles. The maximum atomic E-state index is 11.8. The Bertz CT molecular complexity index is 626. The molecule has 0 fully saturated rings. The molecule has 107 valence electrons. The van der Waals surface area contributed by atoms with Crippen molar-refractivity contribution < 1.29 is 9.59 Å². The number of nitrogens with zero attached hydrogens (tertiary/aromatic N) is 1. The van der Waals surface area contributed by atoms with E-state index in [1.54, 1.807) is 43.1 Å². The second kappa shape index (κ2) is 7.19. The molecule has 2 rings (SSSR count). The molecule has 0 bridgehead atoms. The third-order valence-corrected chi connectivity index (χ3v) is 2.95. The van der Waals surface area contributed by atoms with Crippen LogP contribution in [0.1, 0.15) is 27.9 Å². The molecule has 0 aliphatic heterocycles. The predicted octanol–water partition coefficient (Wildman–Crippen LogP) is 1.44. The van der Waals surface area contributed by atoms with Crippen molar-refractivity contribution in [3.8, 4) is 0 Å². The van der Waals surface area contributed by atoms with E-state index >= 15 is 0 Å². The number of primary amides is 1. The van der Waals surface area contributed by atoms with Crippen LogP contribution in [0, 0.1) is 6.42 Å². The molecule has 5 heteroatoms. The first-order valence-corrected chi connectivity index (χ1v) is 6.54. The maximum absolute atomic E-state index is 11.8. The van der Waals surface area contributed by atoms with Gasteiger partial charge in [0.2, 0.25) is 11.8 Å². The van der Waals surface area contributed by atoms with Gasteiger partial charge in [0.05, 0.1) is 0 Å². The highest BCUT2D eigenvalue weighted by molar-refractivity contribution is 5.95. The molecule has 2 aromatic rings. The Balaban J connectivity index is 1.86. The third kappa shape index (κ3) is 4.42. The zero-order chi connectivity index (χ0) is 15.1. The molecule has 0 atom stereocenters. The van der Waals surface area contributed by atoms with Crippen LogP contribution in [0.15, 0.2) is 48.8 Å². The highest BCUT2D eigenvalue weighted by Gasteiger charge is 2.09. The molecule has 0 saturated heterocycles. The van der Waals surface area contributed by atoms with Gasteiger partial charge in [-0.15, -0.1) is 0 Å². The SMILES string of the molecule is NC(=O)c1ccccc1[CH]CC(=O)NCc1cccnc1. The molecule has 1 aromatic heterocycles. The minimum atomic E-state index is -0.502. The number of rotatable bonds is 6. The molecule has 3 N–H and O–H groups in total. The smallest absolute Gasteiger partial charge is 0.248 e. The van der Waals surface area contributed by atoms with Crippen LogP contribution in [0.25, 0.3) is 0 Å². The van der Waals surface area contributed by atoms with Gasteiger partial charge in [0, 0.05) is 37.3 Å². The van der Waals surface area contributed by atoms with Crippen molar-refractivity contribution in [3.63, 3.8) is 0 Å². The molecule has 0 spiro atoms. The molecule has 0 saturated carbocycles. The second-order valence-electron chi connectivity index (χ2n) is 4.50. The second-order valence-corrected chi connectivity index (χ2v) is 4.50. The lowest BCUT2D eigenvalue weighted by atomic mass is 10.0. The van der Waals surface area contributed by atoms with Gasteiger partial charge in [0.1, 0.15) is 0 Å². The van der Waals surface area contributed by atoms with Crippen molar-refractivity contribution in [1.82, 2.24) is 10.3 Å². The number of carbonyl (C=O) groups is 2. The summed E-state index contributed by atoms with van der Waals surface area (Å²) in [5, 5.41) is 2.79. The van der Waals surface area contributed by atoms with E-state index < -0.39 is 5.91 Å². The van der Waals surface area contributed by atoms with Crippen molar-refractivity contribution in [3.05, 3.63) is 71.9 Å². The van der Waals surface area contributed by atoms with Crippen LogP contribution in [0.2, 0.25) is 0 Å². The monoisotopic (exact) mass is 282 g/mol. The number of amides is 2. The number of pyridine rings is 1. The topological polar surface area (TPSA) is 85.1 Å². The van der Waals surface area contributed by atoms with E-state index in [-0.39, 0.29) is 12.3 Å². The van der Waals surface area contributed by atoms with Crippen molar-refractivity contribution in [1.29, 1.82) is 0 Å². The molecular formula is C16H16N3O2. The summed E-state index contributed by atoms with van der Waals surface area (Å²) in [5.41, 5.74) is 7.31. The summed E-state index contributed by atoms with van der Waals surface area (Å²) in [5.74, 6) is -0.629. The van der Waals surface area contributed by atoms with E-state index in [2.05, 4.69) is 10.3 Å². The highest BCUT2D eigenvalue weighted by atomic mass is 16.1. The number of aromatic nitrogens is 1. The molecule has 5 nitrogen and oxygen atoms in total. The Kier molecular flexibility index (Phi) is 5.04. The summed E-state index contributed by atoms with van der Waals surface area (Å²) >= 11 is 0. The summed E-state index contributed by atoms with van der Waals surface area (Å²) in [7, 11) is 0. The zero-order valence-corrected chi connectivity index (χ0v) is 11.5. The molecule has 21 heavy (non-hydrogen) atoms. The number of nitrogens with two attached hydrogens (primary N) is 1. The van der Waals surface area contributed by atoms with Crippen molar-refractivity contribution in [2.45, 2.75) is 13.0 Å². The van der Waals surface area contributed by atoms with Gasteiger partial charge in [-0.3, -0.25) is 14.6 Å². The molecule has 0 aliphatic carbocycles. The van der Waals surface area contributed by atoms with Gasteiger partial charge in [-0.1, -0.05) is 24.3 Å². The number of carbonyl (C=O) groups excluding carboxylic acids is 2. The van der Waals surface area contributed by atoms with Crippen LogP contribution >= 0.6 is 0 Å². The van der Waals surface area contributed by atoms with E-state index in [1.807, 2.05) is 12.1 Å². The standard InChI is InChI=1S/C16H16N3O2/c17-16(21)14-6-2-1-5-13(14)7-8-15(20)19-11-12-4-3-9-18-10-12/h1-7,9-10H,8,11H2,(H2,17,21)(H,19,20). The Morgan fingerprint density at radius 2 is 2.00 bits per heavy atom. The molecule has 0 aliphatic rings. The van der Waals surface area contributed by atoms with Crippen LogP contribution in [0.4, 0.5) is 0 Å². The van der Waals surface area contributed by atoms with Crippen LogP contribution in [0.3, 0.4) is 0 Å². The summed E-state index contributed by atoms with van der Waals surface area (Å²) in [4.78, 5) is 27.0. The average Bonchev–Trinajstić information content (AvgIpc) is 2.52. The number of benzene rings is 1. The van der Waals surface area contributed by atoms with Gasteiger partial charge in [0.25, 0.3) is 0 Å². The number of hydrogen-bond acceptors (Lipinski definition) is 3. The van der Waals surface area contributed by atoms with Crippen molar-refractivity contribution >= 4 is 11.8 Å². The predicted molar refractivity (Wildman–Crippen MR) is 79.1 cm³/mol. The number of nitrogens with one attached hydrogen (secondary N) is 1. The Labute approximate surface area is 123 Å². The fourth-order valence-electron chi connectivity index (χ4n) is 1.88. The van der Waals surface area contributed by atoms with Crippen LogP contribution in [-0.2, 0) is 11.3 Å². The third-order valence-electron chi connectivity index (χ3n) is 2.95. The lowest BCUT2D eigenvalue weighted by Gasteiger charge is -2.07. The van der Waals surface area contributed by atoms with Crippen molar-refractivity contribution in [2.24, 2.45) is 5.73 Å². The largest absolute Gasteiger partial charge is 0.366 e. The number of hydrogen-bond donors (Lipinski definition) is 2. The maximum Gasteiger partial charge on any atom is 0.248 e. The van der Waals surface area contributed by atoms with Crippen LogP contribution < -0.4 is 11.1 Å². The van der Waals surface area contributed by atoms with E-state index in [9.17, 15) is 9.59 Å². The summed E-state index contributed by atoms with van der Waals surface area (Å²) < 4.78 is 0. The highest BCUT2D eigenvalue weighted by Crippen LogP contribution is 2.12. The van der Waals surface area contributed by atoms with E-state index in [0.29, 0.717) is 17.7 Å².